The Morgan fingerprint density at radius 1 is 0.909 bits per heavy atom. The molecule has 0 aliphatic rings. The summed E-state index contributed by atoms with van der Waals surface area (Å²) in [5.41, 5.74) is 3.55. The fraction of sp³-hybridized carbons (Fsp3) is 0. The molecule has 5 heteroatoms. The van der Waals surface area contributed by atoms with E-state index in [4.69, 9.17) is 23.2 Å². The van der Waals surface area contributed by atoms with E-state index in [0.29, 0.717) is 10.0 Å². The quantitative estimate of drug-likeness (QED) is 0.688. The van der Waals surface area contributed by atoms with Crippen LogP contribution in [0.1, 0.15) is 11.3 Å². The standard InChI is InChI=1S/C17H12Cl2N2O/c18-15-8-4-12(9-16(15)19)17-10-13(20-21-17)5-1-11-2-6-14(22)7-3-11/h1-10,22H,(H,20,21). The van der Waals surface area contributed by atoms with Crippen LogP contribution in [0, 0.1) is 0 Å². The molecule has 0 spiro atoms. The molecule has 3 aromatic rings. The first-order valence-electron chi connectivity index (χ1n) is 6.60. The topological polar surface area (TPSA) is 48.9 Å². The molecule has 0 bridgehead atoms. The van der Waals surface area contributed by atoms with Gasteiger partial charge >= 0.3 is 0 Å². The number of nitrogens with one attached hydrogen (secondary N) is 1. The minimum absolute atomic E-state index is 0.251. The highest BCUT2D eigenvalue weighted by molar-refractivity contribution is 6.42. The van der Waals surface area contributed by atoms with Gasteiger partial charge in [0.1, 0.15) is 5.75 Å². The summed E-state index contributed by atoms with van der Waals surface area (Å²) in [5.74, 6) is 0.251. The van der Waals surface area contributed by atoms with Gasteiger partial charge in [-0.25, -0.2) is 0 Å². The molecule has 1 aromatic heterocycles. The fourth-order valence-electron chi connectivity index (χ4n) is 2.00. The van der Waals surface area contributed by atoms with E-state index in [9.17, 15) is 5.11 Å². The Labute approximate surface area is 137 Å². The van der Waals surface area contributed by atoms with Crippen LogP contribution in [0.25, 0.3) is 23.4 Å². The predicted molar refractivity (Wildman–Crippen MR) is 91.1 cm³/mol. The Morgan fingerprint density at radius 3 is 2.41 bits per heavy atom. The Bertz CT molecular complexity index is 823. The van der Waals surface area contributed by atoms with Crippen molar-refractivity contribution in [3.8, 4) is 17.0 Å². The van der Waals surface area contributed by atoms with Crippen LogP contribution in [0.15, 0.2) is 48.5 Å². The van der Waals surface area contributed by atoms with E-state index in [2.05, 4.69) is 10.2 Å². The number of benzene rings is 2. The van der Waals surface area contributed by atoms with E-state index >= 15 is 0 Å². The lowest BCUT2D eigenvalue weighted by Crippen LogP contribution is -1.78. The molecule has 2 aromatic carbocycles. The molecule has 0 saturated heterocycles. The van der Waals surface area contributed by atoms with Crippen molar-refractivity contribution in [2.24, 2.45) is 0 Å². The fourth-order valence-corrected chi connectivity index (χ4v) is 2.29. The second-order valence-electron chi connectivity index (χ2n) is 4.76. The molecule has 0 aliphatic carbocycles. The van der Waals surface area contributed by atoms with Crippen molar-refractivity contribution in [1.29, 1.82) is 0 Å². The maximum absolute atomic E-state index is 9.25. The summed E-state index contributed by atoms with van der Waals surface area (Å²) in [6.45, 7) is 0. The van der Waals surface area contributed by atoms with Gasteiger partial charge in [-0.2, -0.15) is 5.10 Å². The number of halogens is 2. The van der Waals surface area contributed by atoms with Gasteiger partial charge in [0.2, 0.25) is 0 Å². The Hall–Kier alpha value is -2.23. The molecule has 0 amide bonds. The minimum atomic E-state index is 0.251. The molecule has 2 N–H and O–H groups in total. The highest BCUT2D eigenvalue weighted by Crippen LogP contribution is 2.28. The lowest BCUT2D eigenvalue weighted by molar-refractivity contribution is 0.475. The van der Waals surface area contributed by atoms with Crippen LogP contribution in [0.2, 0.25) is 10.0 Å². The summed E-state index contributed by atoms with van der Waals surface area (Å²) in [4.78, 5) is 0. The number of rotatable bonds is 3. The molecule has 0 atom stereocenters. The summed E-state index contributed by atoms with van der Waals surface area (Å²) in [6.07, 6.45) is 3.85. The minimum Gasteiger partial charge on any atom is -0.508 e. The average molecular weight is 331 g/mol. The predicted octanol–water partition coefficient (Wildman–Crippen LogP) is 5.26. The largest absolute Gasteiger partial charge is 0.508 e. The molecule has 110 valence electrons. The van der Waals surface area contributed by atoms with Crippen molar-refractivity contribution in [3.05, 3.63) is 69.8 Å². The summed E-state index contributed by atoms with van der Waals surface area (Å²) >= 11 is 11.9. The lowest BCUT2D eigenvalue weighted by atomic mass is 10.1. The maximum atomic E-state index is 9.25. The third-order valence-electron chi connectivity index (χ3n) is 3.16. The highest BCUT2D eigenvalue weighted by Gasteiger charge is 2.05. The van der Waals surface area contributed by atoms with Crippen LogP contribution >= 0.6 is 23.2 Å². The lowest BCUT2D eigenvalue weighted by Gasteiger charge is -1.98. The molecule has 1 heterocycles. The van der Waals surface area contributed by atoms with E-state index in [1.165, 1.54) is 0 Å². The number of aromatic nitrogens is 2. The number of phenolic OH excluding ortho intramolecular Hbond substituents is 1. The molecule has 0 unspecified atom stereocenters. The van der Waals surface area contributed by atoms with E-state index in [-0.39, 0.29) is 5.75 Å². The molecular weight excluding hydrogens is 319 g/mol. The second-order valence-corrected chi connectivity index (χ2v) is 5.58. The van der Waals surface area contributed by atoms with Gasteiger partial charge in [0.05, 0.1) is 21.4 Å². The molecule has 0 saturated carbocycles. The zero-order valence-corrected chi connectivity index (χ0v) is 12.9. The number of phenols is 1. The van der Waals surface area contributed by atoms with Crippen molar-refractivity contribution in [2.75, 3.05) is 0 Å². The summed E-state index contributed by atoms with van der Waals surface area (Å²) < 4.78 is 0. The summed E-state index contributed by atoms with van der Waals surface area (Å²) in [7, 11) is 0. The van der Waals surface area contributed by atoms with Gasteiger partial charge < -0.3 is 5.11 Å². The van der Waals surface area contributed by atoms with E-state index in [0.717, 1.165) is 22.5 Å². The average Bonchev–Trinajstić information content (AvgIpc) is 2.98. The zero-order valence-electron chi connectivity index (χ0n) is 11.4. The first-order valence-corrected chi connectivity index (χ1v) is 7.35. The second kappa shape index (κ2) is 6.26. The number of H-pyrrole nitrogens is 1. The third-order valence-corrected chi connectivity index (χ3v) is 3.90. The molecule has 0 aliphatic heterocycles. The van der Waals surface area contributed by atoms with E-state index in [1.807, 2.05) is 36.4 Å². The Balaban J connectivity index is 1.81. The number of hydrogen-bond donors (Lipinski definition) is 2. The molecule has 0 radical (unpaired) electrons. The van der Waals surface area contributed by atoms with Crippen LogP contribution < -0.4 is 0 Å². The third kappa shape index (κ3) is 3.32. The zero-order chi connectivity index (χ0) is 15.5. The SMILES string of the molecule is Oc1ccc(C=Cc2cc(-c3ccc(Cl)c(Cl)c3)n[nH]2)cc1. The molecular formula is C17H12Cl2N2O. The summed E-state index contributed by atoms with van der Waals surface area (Å²) in [5, 5.41) is 17.5. The molecule has 0 fully saturated rings. The highest BCUT2D eigenvalue weighted by atomic mass is 35.5. The number of hydrogen-bond acceptors (Lipinski definition) is 2. The van der Waals surface area contributed by atoms with Gasteiger partial charge in [0.25, 0.3) is 0 Å². The maximum Gasteiger partial charge on any atom is 0.115 e. The monoisotopic (exact) mass is 330 g/mol. The number of nitrogens with zero attached hydrogens (tertiary/aromatic N) is 1. The van der Waals surface area contributed by atoms with Crippen molar-refractivity contribution in [1.82, 2.24) is 10.2 Å². The van der Waals surface area contributed by atoms with Crippen LogP contribution in [-0.2, 0) is 0 Å². The summed E-state index contributed by atoms with van der Waals surface area (Å²) in [6, 6.07) is 14.3. The van der Waals surface area contributed by atoms with Gasteiger partial charge in [0, 0.05) is 5.56 Å². The first-order chi connectivity index (χ1) is 10.6. The smallest absolute Gasteiger partial charge is 0.115 e. The van der Waals surface area contributed by atoms with Gasteiger partial charge in [-0.05, 0) is 42.0 Å². The van der Waals surface area contributed by atoms with Crippen LogP contribution in [0.4, 0.5) is 0 Å². The molecule has 22 heavy (non-hydrogen) atoms. The number of aromatic amines is 1. The van der Waals surface area contributed by atoms with Crippen molar-refractivity contribution in [3.63, 3.8) is 0 Å². The van der Waals surface area contributed by atoms with Crippen molar-refractivity contribution >= 4 is 35.4 Å². The molecule has 3 rings (SSSR count). The molecule has 3 nitrogen and oxygen atoms in total. The van der Waals surface area contributed by atoms with Crippen molar-refractivity contribution < 1.29 is 5.11 Å². The first kappa shape index (κ1) is 14.7. The van der Waals surface area contributed by atoms with Crippen LogP contribution in [0.5, 0.6) is 5.75 Å². The van der Waals surface area contributed by atoms with Gasteiger partial charge in [-0.3, -0.25) is 5.10 Å². The van der Waals surface area contributed by atoms with Crippen LogP contribution in [0.3, 0.4) is 0 Å². The van der Waals surface area contributed by atoms with Gasteiger partial charge in [-0.1, -0.05) is 47.5 Å². The number of aromatic hydroxyl groups is 1. The van der Waals surface area contributed by atoms with Gasteiger partial charge in [-0.15, -0.1) is 0 Å². The van der Waals surface area contributed by atoms with Crippen LogP contribution in [-0.4, -0.2) is 15.3 Å². The normalized spacial score (nSPS) is 11.2. The van der Waals surface area contributed by atoms with E-state index < -0.39 is 0 Å². The Kier molecular flexibility index (Phi) is 4.18. The van der Waals surface area contributed by atoms with Crippen molar-refractivity contribution in [2.45, 2.75) is 0 Å². The van der Waals surface area contributed by atoms with E-state index in [1.54, 1.807) is 24.3 Å². The van der Waals surface area contributed by atoms with Gasteiger partial charge in [0.15, 0.2) is 0 Å². The Morgan fingerprint density at radius 2 is 1.68 bits per heavy atom.